The Labute approximate surface area is 143 Å². The number of halogens is 6. The van der Waals surface area contributed by atoms with Crippen LogP contribution in [-0.2, 0) is 13.8 Å². The van der Waals surface area contributed by atoms with Gasteiger partial charge >= 0.3 is 19.7 Å². The molecule has 5 nitrogen and oxygen atoms in total. The molecule has 128 valence electrons. The van der Waals surface area contributed by atoms with E-state index in [1.807, 2.05) is 0 Å². The molecule has 12 heteroatoms. The summed E-state index contributed by atoms with van der Waals surface area (Å²) in [5.41, 5.74) is -0.194. The SMILES string of the molecule is O=C1OC(C(Cl)(Cl)Cl)P(=O)(OCC(F)(F)F)Oc2ccccc21. The number of cyclic esters (lactones) is 1. The average molecular weight is 413 g/mol. The monoisotopic (exact) mass is 412 g/mol. The zero-order valence-corrected chi connectivity index (χ0v) is 14.0. The van der Waals surface area contributed by atoms with E-state index >= 15 is 0 Å². The van der Waals surface area contributed by atoms with Crippen LogP contribution in [0.3, 0.4) is 0 Å². The molecule has 0 saturated carbocycles. The number of carbonyl (C=O) groups is 1. The van der Waals surface area contributed by atoms with E-state index in [1.54, 1.807) is 0 Å². The van der Waals surface area contributed by atoms with Gasteiger partial charge in [-0.3, -0.25) is 4.52 Å². The molecule has 0 aromatic heterocycles. The fourth-order valence-electron chi connectivity index (χ4n) is 1.63. The molecule has 1 aliphatic heterocycles. The van der Waals surface area contributed by atoms with E-state index in [4.69, 9.17) is 44.1 Å². The van der Waals surface area contributed by atoms with E-state index in [-0.39, 0.29) is 11.3 Å². The van der Waals surface area contributed by atoms with Crippen LogP contribution >= 0.6 is 42.4 Å². The van der Waals surface area contributed by atoms with E-state index < -0.39 is 36.0 Å². The first kappa shape index (κ1) is 18.7. The molecule has 0 radical (unpaired) electrons. The van der Waals surface area contributed by atoms with Crippen LogP contribution in [0.4, 0.5) is 13.2 Å². The molecule has 1 aliphatic rings. The maximum atomic E-state index is 12.7. The highest BCUT2D eigenvalue weighted by molar-refractivity contribution is 7.55. The summed E-state index contributed by atoms with van der Waals surface area (Å²) < 4.78 is 61.4. The van der Waals surface area contributed by atoms with E-state index in [1.165, 1.54) is 24.3 Å². The number of benzene rings is 1. The lowest BCUT2D eigenvalue weighted by Crippen LogP contribution is -2.33. The van der Waals surface area contributed by atoms with Gasteiger partial charge in [-0.15, -0.1) is 0 Å². The van der Waals surface area contributed by atoms with Crippen molar-refractivity contribution in [3.63, 3.8) is 0 Å². The highest BCUT2D eigenvalue weighted by Gasteiger charge is 2.56. The Morgan fingerprint density at radius 1 is 1.22 bits per heavy atom. The quantitative estimate of drug-likeness (QED) is 0.399. The van der Waals surface area contributed by atoms with Gasteiger partial charge in [-0.1, -0.05) is 46.9 Å². The lowest BCUT2D eigenvalue weighted by atomic mass is 10.2. The minimum absolute atomic E-state index is 0.194. The molecule has 0 amide bonds. The predicted octanol–water partition coefficient (Wildman–Crippen LogP) is 4.70. The van der Waals surface area contributed by atoms with Crippen molar-refractivity contribution in [1.82, 2.24) is 0 Å². The van der Waals surface area contributed by atoms with Crippen molar-refractivity contribution in [3.8, 4) is 5.75 Å². The van der Waals surface area contributed by atoms with Crippen molar-refractivity contribution in [2.24, 2.45) is 0 Å². The Hall–Kier alpha value is -0.660. The molecule has 0 saturated heterocycles. The van der Waals surface area contributed by atoms with E-state index in [9.17, 15) is 22.5 Å². The van der Waals surface area contributed by atoms with Gasteiger partial charge in [-0.25, -0.2) is 9.36 Å². The van der Waals surface area contributed by atoms with E-state index in [0.29, 0.717) is 0 Å². The van der Waals surface area contributed by atoms with Gasteiger partial charge in [0.1, 0.15) is 11.3 Å². The minimum atomic E-state index is -4.82. The van der Waals surface area contributed by atoms with Crippen LogP contribution in [0.2, 0.25) is 0 Å². The van der Waals surface area contributed by atoms with Crippen molar-refractivity contribution in [1.29, 1.82) is 0 Å². The molecular weight excluding hydrogens is 406 g/mol. The Morgan fingerprint density at radius 3 is 2.39 bits per heavy atom. The Morgan fingerprint density at radius 2 is 1.83 bits per heavy atom. The Balaban J connectivity index is 2.46. The van der Waals surface area contributed by atoms with Crippen LogP contribution in [0.1, 0.15) is 10.4 Å². The third-order valence-electron chi connectivity index (χ3n) is 2.53. The van der Waals surface area contributed by atoms with E-state index in [0.717, 1.165) is 0 Å². The van der Waals surface area contributed by atoms with Gasteiger partial charge in [0.2, 0.25) is 3.79 Å². The highest BCUT2D eigenvalue weighted by Crippen LogP contribution is 2.62. The first-order chi connectivity index (χ1) is 10.4. The molecule has 0 aliphatic carbocycles. The Kier molecular flexibility index (Phi) is 5.14. The lowest BCUT2D eigenvalue weighted by molar-refractivity contribution is -0.155. The summed E-state index contributed by atoms with van der Waals surface area (Å²) in [5, 5.41) is 0. The van der Waals surface area contributed by atoms with Crippen LogP contribution in [-0.4, -0.2) is 28.4 Å². The lowest BCUT2D eigenvalue weighted by Gasteiger charge is -2.28. The molecule has 0 spiro atoms. The van der Waals surface area contributed by atoms with Crippen molar-refractivity contribution in [2.45, 2.75) is 15.8 Å². The second-order valence-electron chi connectivity index (χ2n) is 4.32. The molecule has 1 aromatic rings. The Bertz CT molecular complexity index is 661. The third kappa shape index (κ3) is 4.45. The van der Waals surface area contributed by atoms with Crippen LogP contribution < -0.4 is 4.52 Å². The van der Waals surface area contributed by atoms with Crippen LogP contribution in [0.5, 0.6) is 5.75 Å². The molecule has 0 bridgehead atoms. The van der Waals surface area contributed by atoms with Gasteiger partial charge in [0.25, 0.3) is 5.85 Å². The molecule has 1 heterocycles. The summed E-state index contributed by atoms with van der Waals surface area (Å²) in [6, 6.07) is 5.27. The van der Waals surface area contributed by atoms with E-state index in [2.05, 4.69) is 4.52 Å². The van der Waals surface area contributed by atoms with Gasteiger partial charge in [0.15, 0.2) is 6.61 Å². The molecule has 0 N–H and O–H groups in total. The number of carbonyl (C=O) groups excluding carboxylic acids is 1. The van der Waals surface area contributed by atoms with Crippen molar-refractivity contribution in [3.05, 3.63) is 29.8 Å². The standard InChI is InChI=1S/C11H7Cl3F3O5P/c12-11(13,14)9-21-8(18)6-3-1-2-4-7(6)22-23(9,19)20-5-10(15,16)17/h1-4,9H,5H2. The first-order valence-electron chi connectivity index (χ1n) is 5.80. The maximum absolute atomic E-state index is 12.7. The topological polar surface area (TPSA) is 61.8 Å². The van der Waals surface area contributed by atoms with Crippen molar-refractivity contribution in [2.75, 3.05) is 6.61 Å². The summed E-state index contributed by atoms with van der Waals surface area (Å²) in [4.78, 5) is 12.0. The number of hydrogen-bond acceptors (Lipinski definition) is 5. The minimum Gasteiger partial charge on any atom is -0.440 e. The number of ether oxygens (including phenoxy) is 1. The normalized spacial score (nSPS) is 25.1. The molecule has 2 atom stereocenters. The summed E-state index contributed by atoms with van der Waals surface area (Å²) in [5.74, 6) is -3.56. The molecule has 0 fully saturated rings. The molecule has 2 unspecified atom stereocenters. The summed E-state index contributed by atoms with van der Waals surface area (Å²) >= 11 is 16.7. The zero-order valence-electron chi connectivity index (χ0n) is 10.9. The first-order valence-corrected chi connectivity index (χ1v) is 8.54. The summed E-state index contributed by atoms with van der Waals surface area (Å²) in [6.07, 6.45) is -4.82. The van der Waals surface area contributed by atoms with Gasteiger partial charge in [-0.2, -0.15) is 13.2 Å². The summed E-state index contributed by atoms with van der Waals surface area (Å²) in [6.45, 7) is -1.94. The second-order valence-corrected chi connectivity index (χ2v) is 8.67. The van der Waals surface area contributed by atoms with Gasteiger partial charge in [0.05, 0.1) is 0 Å². The molecule has 23 heavy (non-hydrogen) atoms. The number of esters is 1. The van der Waals surface area contributed by atoms with Crippen LogP contribution in [0, 0.1) is 0 Å². The second kappa shape index (κ2) is 6.33. The largest absolute Gasteiger partial charge is 0.440 e. The van der Waals surface area contributed by atoms with Gasteiger partial charge < -0.3 is 9.26 Å². The number of alkyl halides is 6. The number of fused-ring (bicyclic) bond motifs is 1. The van der Waals surface area contributed by atoms with Crippen molar-refractivity contribution < 1.29 is 36.3 Å². The van der Waals surface area contributed by atoms with Crippen LogP contribution in [0.25, 0.3) is 0 Å². The summed E-state index contributed by atoms with van der Waals surface area (Å²) in [7, 11) is -4.81. The molecule has 1 aromatic carbocycles. The fraction of sp³-hybridized carbons (Fsp3) is 0.364. The highest BCUT2D eigenvalue weighted by atomic mass is 35.6. The van der Waals surface area contributed by atoms with Crippen molar-refractivity contribution >= 4 is 48.4 Å². The number of para-hydroxylation sites is 1. The number of rotatable bonds is 2. The zero-order chi connectivity index (χ0) is 17.5. The van der Waals surface area contributed by atoms with Gasteiger partial charge in [-0.05, 0) is 12.1 Å². The van der Waals surface area contributed by atoms with Crippen LogP contribution in [0.15, 0.2) is 24.3 Å². The number of hydrogen-bond donors (Lipinski definition) is 0. The maximum Gasteiger partial charge on any atom is 0.424 e. The fourth-order valence-corrected chi connectivity index (χ4v) is 4.47. The molecular formula is C11H7Cl3F3O5P. The predicted molar refractivity (Wildman–Crippen MR) is 76.2 cm³/mol. The third-order valence-corrected chi connectivity index (χ3v) is 5.58. The molecule has 2 rings (SSSR count). The smallest absolute Gasteiger partial charge is 0.424 e. The van der Waals surface area contributed by atoms with Gasteiger partial charge in [0, 0.05) is 0 Å². The average Bonchev–Trinajstić information content (AvgIpc) is 2.51.